The van der Waals surface area contributed by atoms with Crippen molar-refractivity contribution in [3.63, 3.8) is 0 Å². The van der Waals surface area contributed by atoms with Crippen LogP contribution >= 0.6 is 15.9 Å². The highest BCUT2D eigenvalue weighted by atomic mass is 79.9. The number of halogens is 1. The molecule has 1 amide bonds. The lowest BCUT2D eigenvalue weighted by Gasteiger charge is -2.12. The number of ether oxygens (including phenoxy) is 1. The normalized spacial score (nSPS) is 11.5. The molecule has 0 aromatic heterocycles. The Morgan fingerprint density at radius 2 is 2.35 bits per heavy atom. The van der Waals surface area contributed by atoms with E-state index in [4.69, 9.17) is 16.9 Å². The Morgan fingerprint density at radius 3 is 2.95 bits per heavy atom. The van der Waals surface area contributed by atoms with Gasteiger partial charge in [-0.15, -0.1) is 6.42 Å². The highest BCUT2D eigenvalue weighted by Gasteiger charge is 2.07. The smallest absolute Gasteiger partial charge is 0.258 e. The van der Waals surface area contributed by atoms with E-state index >= 15 is 0 Å². The second-order valence-corrected chi connectivity index (χ2v) is 5.26. The van der Waals surface area contributed by atoms with Gasteiger partial charge in [0.05, 0.1) is 11.0 Å². The first kappa shape index (κ1) is 16.5. The molecule has 20 heavy (non-hydrogen) atoms. The maximum absolute atomic E-state index is 11.4. The van der Waals surface area contributed by atoms with Crippen molar-refractivity contribution in [3.05, 3.63) is 28.2 Å². The van der Waals surface area contributed by atoms with Crippen molar-refractivity contribution >= 4 is 21.8 Å². The molecule has 5 heteroatoms. The first-order chi connectivity index (χ1) is 9.56. The quantitative estimate of drug-likeness (QED) is 0.746. The van der Waals surface area contributed by atoms with E-state index in [1.54, 1.807) is 0 Å². The van der Waals surface area contributed by atoms with Gasteiger partial charge in [-0.2, -0.15) is 0 Å². The van der Waals surface area contributed by atoms with Crippen LogP contribution in [0.15, 0.2) is 22.7 Å². The van der Waals surface area contributed by atoms with Crippen LogP contribution in [-0.2, 0) is 11.2 Å². The predicted octanol–water partition coefficient (Wildman–Crippen LogP) is 1.86. The summed E-state index contributed by atoms with van der Waals surface area (Å²) >= 11 is 3.43. The molecule has 0 saturated heterocycles. The van der Waals surface area contributed by atoms with Crippen molar-refractivity contribution in [2.75, 3.05) is 13.2 Å². The lowest BCUT2D eigenvalue weighted by Crippen LogP contribution is -2.29. The molecular weight excluding hydrogens is 320 g/mol. The predicted molar refractivity (Wildman–Crippen MR) is 83.5 cm³/mol. The Bertz CT molecular complexity index is 497. The Labute approximate surface area is 128 Å². The third-order valence-corrected chi connectivity index (χ3v) is 3.38. The summed E-state index contributed by atoms with van der Waals surface area (Å²) in [6.07, 6.45) is 6.81. The second kappa shape index (κ2) is 8.62. The van der Waals surface area contributed by atoms with E-state index in [0.717, 1.165) is 22.9 Å². The highest BCUT2D eigenvalue weighted by Crippen LogP contribution is 2.26. The van der Waals surface area contributed by atoms with Crippen molar-refractivity contribution in [1.82, 2.24) is 5.32 Å². The molecule has 0 aliphatic rings. The number of hydrogen-bond donors (Lipinski definition) is 2. The number of amides is 1. The minimum atomic E-state index is -0.244. The van der Waals surface area contributed by atoms with Crippen molar-refractivity contribution < 1.29 is 9.53 Å². The van der Waals surface area contributed by atoms with Gasteiger partial charge in [-0.3, -0.25) is 4.79 Å². The number of terminal acetylenes is 1. The molecule has 108 valence electrons. The summed E-state index contributed by atoms with van der Waals surface area (Å²) in [5, 5.41) is 2.54. The fourth-order valence-corrected chi connectivity index (χ4v) is 2.12. The van der Waals surface area contributed by atoms with Gasteiger partial charge in [-0.1, -0.05) is 18.9 Å². The minimum Gasteiger partial charge on any atom is -0.483 e. The van der Waals surface area contributed by atoms with Crippen molar-refractivity contribution in [1.29, 1.82) is 0 Å². The summed E-state index contributed by atoms with van der Waals surface area (Å²) in [5.74, 6) is 2.71. The maximum Gasteiger partial charge on any atom is 0.258 e. The molecule has 4 nitrogen and oxygen atoms in total. The van der Waals surface area contributed by atoms with Crippen LogP contribution in [-0.4, -0.2) is 25.1 Å². The zero-order valence-electron chi connectivity index (χ0n) is 11.5. The van der Waals surface area contributed by atoms with Crippen LogP contribution in [0.2, 0.25) is 0 Å². The Kier molecular flexibility index (Phi) is 7.13. The van der Waals surface area contributed by atoms with Crippen LogP contribution in [0, 0.1) is 12.3 Å². The van der Waals surface area contributed by atoms with Crippen LogP contribution in [0.1, 0.15) is 18.9 Å². The average Bonchev–Trinajstić information content (AvgIpc) is 2.44. The summed E-state index contributed by atoms with van der Waals surface area (Å²) in [5.41, 5.74) is 7.06. The molecule has 0 saturated carbocycles. The van der Waals surface area contributed by atoms with Gasteiger partial charge in [0, 0.05) is 6.04 Å². The standard InChI is InChI=1S/C15H19BrN2O2/c1-3-7-18-15(19)10-20-14-6-5-11(9-13(14)16)8-12(17)4-2/h1,5-6,9,12H,4,7-8,10,17H2,2H3,(H,18,19). The summed E-state index contributed by atoms with van der Waals surface area (Å²) in [6.45, 7) is 2.21. The first-order valence-electron chi connectivity index (χ1n) is 6.43. The molecule has 0 bridgehead atoms. The molecule has 0 aliphatic heterocycles. The molecule has 0 heterocycles. The molecule has 0 radical (unpaired) electrons. The van der Waals surface area contributed by atoms with E-state index in [1.807, 2.05) is 18.2 Å². The van der Waals surface area contributed by atoms with Crippen molar-refractivity contribution in [2.24, 2.45) is 5.73 Å². The summed E-state index contributed by atoms with van der Waals surface area (Å²) in [6, 6.07) is 5.90. The van der Waals surface area contributed by atoms with Gasteiger partial charge in [0.25, 0.3) is 5.91 Å². The molecule has 1 rings (SSSR count). The first-order valence-corrected chi connectivity index (χ1v) is 7.23. The molecule has 1 atom stereocenters. The van der Waals surface area contributed by atoms with E-state index in [1.165, 1.54) is 0 Å². The van der Waals surface area contributed by atoms with Crippen LogP contribution < -0.4 is 15.8 Å². The Hall–Kier alpha value is -1.51. The number of nitrogens with two attached hydrogens (primary N) is 1. The Balaban J connectivity index is 2.56. The lowest BCUT2D eigenvalue weighted by molar-refractivity contribution is -0.122. The number of benzene rings is 1. The number of carbonyl (C=O) groups excluding carboxylic acids is 1. The van der Waals surface area contributed by atoms with Gasteiger partial charge in [0.1, 0.15) is 5.75 Å². The highest BCUT2D eigenvalue weighted by molar-refractivity contribution is 9.10. The van der Waals surface area contributed by atoms with E-state index in [9.17, 15) is 4.79 Å². The lowest BCUT2D eigenvalue weighted by atomic mass is 10.0. The fraction of sp³-hybridized carbons (Fsp3) is 0.400. The van der Waals surface area contributed by atoms with Gasteiger partial charge >= 0.3 is 0 Å². The number of hydrogen-bond acceptors (Lipinski definition) is 3. The second-order valence-electron chi connectivity index (χ2n) is 4.41. The van der Waals surface area contributed by atoms with Gasteiger partial charge in [-0.05, 0) is 46.5 Å². The molecule has 3 N–H and O–H groups in total. The number of rotatable bonds is 7. The number of nitrogens with one attached hydrogen (secondary N) is 1. The molecule has 1 aromatic carbocycles. The molecule has 0 spiro atoms. The molecule has 1 aromatic rings. The summed E-state index contributed by atoms with van der Waals surface area (Å²) in [7, 11) is 0. The molecule has 0 aliphatic carbocycles. The van der Waals surface area contributed by atoms with Gasteiger partial charge in [-0.25, -0.2) is 0 Å². The van der Waals surface area contributed by atoms with Gasteiger partial charge < -0.3 is 15.8 Å². The summed E-state index contributed by atoms with van der Waals surface area (Å²) < 4.78 is 6.23. The van der Waals surface area contributed by atoms with Crippen molar-refractivity contribution in [2.45, 2.75) is 25.8 Å². The largest absolute Gasteiger partial charge is 0.483 e. The average molecular weight is 339 g/mol. The van der Waals surface area contributed by atoms with Crippen molar-refractivity contribution in [3.8, 4) is 18.1 Å². The SMILES string of the molecule is C#CCNC(=O)COc1ccc(CC(N)CC)cc1Br. The molecular formula is C15H19BrN2O2. The van der Waals surface area contributed by atoms with Crippen LogP contribution in [0.3, 0.4) is 0 Å². The topological polar surface area (TPSA) is 64.3 Å². The van der Waals surface area contributed by atoms with Crippen LogP contribution in [0.5, 0.6) is 5.75 Å². The zero-order valence-corrected chi connectivity index (χ0v) is 13.1. The van der Waals surface area contributed by atoms with E-state index < -0.39 is 0 Å². The maximum atomic E-state index is 11.4. The molecule has 0 fully saturated rings. The molecule has 1 unspecified atom stereocenters. The minimum absolute atomic E-state index is 0.0614. The van der Waals surface area contributed by atoms with E-state index in [2.05, 4.69) is 34.1 Å². The third-order valence-electron chi connectivity index (χ3n) is 2.76. The monoisotopic (exact) mass is 338 g/mol. The fourth-order valence-electron chi connectivity index (χ4n) is 1.58. The van der Waals surface area contributed by atoms with Crippen LogP contribution in [0.25, 0.3) is 0 Å². The van der Waals surface area contributed by atoms with E-state index in [-0.39, 0.29) is 25.1 Å². The third kappa shape index (κ3) is 5.64. The van der Waals surface area contributed by atoms with Gasteiger partial charge in [0.2, 0.25) is 0 Å². The number of carbonyl (C=O) groups is 1. The van der Waals surface area contributed by atoms with E-state index in [0.29, 0.717) is 5.75 Å². The van der Waals surface area contributed by atoms with Gasteiger partial charge in [0.15, 0.2) is 6.61 Å². The summed E-state index contributed by atoms with van der Waals surface area (Å²) in [4.78, 5) is 11.4. The zero-order chi connectivity index (χ0) is 15.0. The Morgan fingerprint density at radius 1 is 1.60 bits per heavy atom. The van der Waals surface area contributed by atoms with Crippen LogP contribution in [0.4, 0.5) is 0 Å².